The van der Waals surface area contributed by atoms with Gasteiger partial charge < -0.3 is 0 Å². The summed E-state index contributed by atoms with van der Waals surface area (Å²) in [6.45, 7) is 0. The van der Waals surface area contributed by atoms with Gasteiger partial charge in [0.05, 0.1) is 6.26 Å². The molecule has 0 bridgehead atoms. The zero-order valence-corrected chi connectivity index (χ0v) is 10.4. The van der Waals surface area contributed by atoms with Crippen LogP contribution < -0.4 is 0 Å². The highest BCUT2D eigenvalue weighted by Crippen LogP contribution is 2.12. The van der Waals surface area contributed by atoms with Crippen molar-refractivity contribution in [2.75, 3.05) is 6.26 Å². The first-order valence-corrected chi connectivity index (χ1v) is 7.49. The van der Waals surface area contributed by atoms with Crippen LogP contribution in [-0.4, -0.2) is 6.26 Å². The van der Waals surface area contributed by atoms with Crippen molar-refractivity contribution in [2.24, 2.45) is 0 Å². The zero-order chi connectivity index (χ0) is 11.2. The fourth-order valence-electron chi connectivity index (χ4n) is 1.77. The monoisotopic (exact) mass is 229 g/mol. The fourth-order valence-corrected chi connectivity index (χ4v) is 3.39. The summed E-state index contributed by atoms with van der Waals surface area (Å²) in [6.07, 6.45) is 2.35. The minimum atomic E-state index is 0.428. The molecule has 0 N–H and O–H groups in total. The predicted molar refractivity (Wildman–Crippen MR) is 73.6 cm³/mol. The molecule has 0 aromatic heterocycles. The summed E-state index contributed by atoms with van der Waals surface area (Å²) in [7, 11) is 0.428. The van der Waals surface area contributed by atoms with Crippen molar-refractivity contribution >= 4 is 10.9 Å². The maximum Gasteiger partial charge on any atom is 0.133 e. The van der Waals surface area contributed by atoms with Crippen molar-refractivity contribution in [2.45, 2.75) is 11.5 Å². The molecule has 16 heavy (non-hydrogen) atoms. The molecular weight excluding hydrogens is 212 g/mol. The number of rotatable bonds is 4. The van der Waals surface area contributed by atoms with Crippen molar-refractivity contribution in [3.8, 4) is 0 Å². The molecule has 2 rings (SSSR count). The van der Waals surface area contributed by atoms with Crippen molar-refractivity contribution < 1.29 is 0 Å². The van der Waals surface area contributed by atoms with E-state index in [-0.39, 0.29) is 0 Å². The maximum absolute atomic E-state index is 2.35. The second-order valence-corrected chi connectivity index (χ2v) is 6.18. The molecule has 0 spiro atoms. The normalized spacial score (nSPS) is 10.6. The van der Waals surface area contributed by atoms with Crippen LogP contribution in [0.3, 0.4) is 0 Å². The van der Waals surface area contributed by atoms with E-state index in [0.29, 0.717) is 10.9 Å². The first kappa shape index (κ1) is 11.3. The van der Waals surface area contributed by atoms with E-state index in [1.54, 1.807) is 0 Å². The summed E-state index contributed by atoms with van der Waals surface area (Å²) in [4.78, 5) is 0. The highest BCUT2D eigenvalue weighted by molar-refractivity contribution is 7.94. The standard InChI is InChI=1S/C15H17S/c1-16(12-14-8-4-2-5-9-14)13-15-10-6-3-7-11-15/h2-11H,12-13H2,1H3/q+1. The quantitative estimate of drug-likeness (QED) is 0.702. The Bertz CT molecular complexity index is 366. The average molecular weight is 229 g/mol. The Labute approximate surface area is 101 Å². The molecule has 0 saturated heterocycles. The molecule has 0 radical (unpaired) electrons. The summed E-state index contributed by atoms with van der Waals surface area (Å²) in [6, 6.07) is 21.5. The van der Waals surface area contributed by atoms with Crippen molar-refractivity contribution in [3.63, 3.8) is 0 Å². The lowest BCUT2D eigenvalue weighted by Crippen LogP contribution is -2.06. The molecular formula is C15H17S+. The largest absolute Gasteiger partial charge is 0.133 e. The highest BCUT2D eigenvalue weighted by Gasteiger charge is 2.12. The van der Waals surface area contributed by atoms with Gasteiger partial charge in [-0.05, 0) is 10.9 Å². The molecule has 0 aliphatic carbocycles. The van der Waals surface area contributed by atoms with Crippen molar-refractivity contribution in [1.82, 2.24) is 0 Å². The summed E-state index contributed by atoms with van der Waals surface area (Å²) in [5.41, 5.74) is 2.90. The summed E-state index contributed by atoms with van der Waals surface area (Å²) >= 11 is 0. The van der Waals surface area contributed by atoms with Crippen LogP contribution in [0.1, 0.15) is 11.1 Å². The highest BCUT2D eigenvalue weighted by atomic mass is 32.2. The minimum Gasteiger partial charge on any atom is -0.0622 e. The molecule has 0 nitrogen and oxygen atoms in total. The first-order chi connectivity index (χ1) is 7.84. The molecule has 0 heterocycles. The van der Waals surface area contributed by atoms with Crippen LogP contribution in [0.2, 0.25) is 0 Å². The second-order valence-electron chi connectivity index (χ2n) is 4.04. The summed E-state index contributed by atoms with van der Waals surface area (Å²) < 4.78 is 0. The lowest BCUT2D eigenvalue weighted by molar-refractivity contribution is 1.34. The first-order valence-electron chi connectivity index (χ1n) is 5.51. The van der Waals surface area contributed by atoms with Crippen LogP contribution >= 0.6 is 0 Å². The van der Waals surface area contributed by atoms with Crippen LogP contribution in [0.25, 0.3) is 0 Å². The van der Waals surface area contributed by atoms with Gasteiger partial charge in [-0.1, -0.05) is 60.7 Å². The van der Waals surface area contributed by atoms with Gasteiger partial charge in [0.1, 0.15) is 11.5 Å². The van der Waals surface area contributed by atoms with Gasteiger partial charge in [0.2, 0.25) is 0 Å². The third-order valence-electron chi connectivity index (χ3n) is 2.51. The Morgan fingerprint density at radius 1 is 0.688 bits per heavy atom. The lowest BCUT2D eigenvalue weighted by atomic mass is 10.2. The van der Waals surface area contributed by atoms with Gasteiger partial charge >= 0.3 is 0 Å². The van der Waals surface area contributed by atoms with Gasteiger partial charge in [-0.3, -0.25) is 0 Å². The van der Waals surface area contributed by atoms with Gasteiger partial charge in [-0.2, -0.15) is 0 Å². The van der Waals surface area contributed by atoms with Gasteiger partial charge in [0, 0.05) is 11.1 Å². The van der Waals surface area contributed by atoms with Crippen LogP contribution in [-0.2, 0) is 22.4 Å². The molecule has 82 valence electrons. The molecule has 0 amide bonds. The van der Waals surface area contributed by atoms with Crippen LogP contribution in [0.4, 0.5) is 0 Å². The van der Waals surface area contributed by atoms with E-state index in [1.807, 2.05) is 0 Å². The topological polar surface area (TPSA) is 0 Å². The summed E-state index contributed by atoms with van der Waals surface area (Å²) in [5.74, 6) is 2.38. The smallest absolute Gasteiger partial charge is 0.0622 e. The van der Waals surface area contributed by atoms with Crippen LogP contribution in [0.15, 0.2) is 60.7 Å². The molecule has 0 aliphatic heterocycles. The molecule has 2 aromatic rings. The van der Waals surface area contributed by atoms with Gasteiger partial charge in [-0.15, -0.1) is 0 Å². The SMILES string of the molecule is C[S+](Cc1ccccc1)Cc1ccccc1. The van der Waals surface area contributed by atoms with Crippen LogP contribution in [0, 0.1) is 0 Å². The fraction of sp³-hybridized carbons (Fsp3) is 0.200. The molecule has 2 aromatic carbocycles. The van der Waals surface area contributed by atoms with Gasteiger partial charge in [-0.25, -0.2) is 0 Å². The third-order valence-corrected chi connectivity index (χ3v) is 4.16. The van der Waals surface area contributed by atoms with Gasteiger partial charge in [0.25, 0.3) is 0 Å². The van der Waals surface area contributed by atoms with E-state index in [2.05, 4.69) is 66.9 Å². The number of hydrogen-bond donors (Lipinski definition) is 0. The minimum absolute atomic E-state index is 0.428. The Kier molecular flexibility index (Phi) is 4.06. The lowest BCUT2D eigenvalue weighted by Gasteiger charge is -2.03. The Hall–Kier alpha value is -1.21. The van der Waals surface area contributed by atoms with Crippen molar-refractivity contribution in [3.05, 3.63) is 71.8 Å². The molecule has 0 saturated carbocycles. The molecule has 0 atom stereocenters. The Balaban J connectivity index is 1.92. The van der Waals surface area contributed by atoms with E-state index >= 15 is 0 Å². The van der Waals surface area contributed by atoms with E-state index in [4.69, 9.17) is 0 Å². The van der Waals surface area contributed by atoms with Gasteiger partial charge in [0.15, 0.2) is 0 Å². The molecule has 0 aliphatic rings. The number of hydrogen-bond acceptors (Lipinski definition) is 0. The molecule has 1 heteroatoms. The van der Waals surface area contributed by atoms with E-state index in [0.717, 1.165) is 0 Å². The van der Waals surface area contributed by atoms with E-state index in [9.17, 15) is 0 Å². The van der Waals surface area contributed by atoms with E-state index in [1.165, 1.54) is 22.6 Å². The average Bonchev–Trinajstić information content (AvgIpc) is 2.31. The predicted octanol–water partition coefficient (Wildman–Crippen LogP) is 3.63. The zero-order valence-electron chi connectivity index (χ0n) is 9.60. The Morgan fingerprint density at radius 2 is 1.06 bits per heavy atom. The van der Waals surface area contributed by atoms with Crippen LogP contribution in [0.5, 0.6) is 0 Å². The molecule has 0 fully saturated rings. The maximum atomic E-state index is 2.35. The summed E-state index contributed by atoms with van der Waals surface area (Å²) in [5, 5.41) is 0. The molecule has 0 unspecified atom stereocenters. The second kappa shape index (κ2) is 5.76. The van der Waals surface area contributed by atoms with E-state index < -0.39 is 0 Å². The van der Waals surface area contributed by atoms with Crippen molar-refractivity contribution in [1.29, 1.82) is 0 Å². The number of benzene rings is 2. The Morgan fingerprint density at radius 3 is 1.44 bits per heavy atom. The third kappa shape index (κ3) is 3.42.